The summed E-state index contributed by atoms with van der Waals surface area (Å²) in [5.41, 5.74) is 0.610. The van der Waals surface area contributed by atoms with Crippen LogP contribution in [-0.4, -0.2) is 46.0 Å². The van der Waals surface area contributed by atoms with Crippen LogP contribution in [0.25, 0.3) is 0 Å². The molecular weight excluding hydrogens is 308 g/mol. The topological polar surface area (TPSA) is 77.4 Å². The molecule has 1 saturated heterocycles. The van der Waals surface area contributed by atoms with Crippen LogP contribution in [-0.2, 0) is 23.1 Å². The summed E-state index contributed by atoms with van der Waals surface area (Å²) in [6.07, 6.45) is 5.56. The number of hydrogen-bond acceptors (Lipinski definition) is 5. The lowest BCUT2D eigenvalue weighted by Gasteiger charge is -2.54. The Balaban J connectivity index is 1.61. The second-order valence-electron chi connectivity index (χ2n) is 7.72. The number of alkyl carbamates (subject to hydrolysis) is 1. The molecule has 2 fully saturated rings. The Hall–Kier alpha value is -1.60. The van der Waals surface area contributed by atoms with Crippen LogP contribution < -0.4 is 10.6 Å². The van der Waals surface area contributed by atoms with E-state index in [0.29, 0.717) is 12.5 Å². The molecule has 24 heavy (non-hydrogen) atoms. The van der Waals surface area contributed by atoms with Crippen LogP contribution in [0.1, 0.15) is 39.3 Å². The second-order valence-corrected chi connectivity index (χ2v) is 7.72. The SMILES string of the molecule is Cn1cncc1CNC1C(NC(=O)OC(C)(C)C)C2CCCOC21. The van der Waals surface area contributed by atoms with Crippen LogP contribution in [0.2, 0.25) is 0 Å². The van der Waals surface area contributed by atoms with Crippen LogP contribution in [0.3, 0.4) is 0 Å². The van der Waals surface area contributed by atoms with Gasteiger partial charge in [0, 0.05) is 32.3 Å². The quantitative estimate of drug-likeness (QED) is 0.873. The standard InChI is InChI=1S/C17H28N4O3/c1-17(2,3)24-16(22)20-13-12-6-5-7-23-15(12)14(13)19-9-11-8-18-10-21(11)4/h8,10,12-15,19H,5-7,9H2,1-4H3,(H,20,22). The van der Waals surface area contributed by atoms with Crippen molar-refractivity contribution in [3.8, 4) is 0 Å². The van der Waals surface area contributed by atoms with E-state index in [9.17, 15) is 4.79 Å². The van der Waals surface area contributed by atoms with Gasteiger partial charge in [0.25, 0.3) is 0 Å². The average molecular weight is 336 g/mol. The number of carbonyl (C=O) groups is 1. The van der Waals surface area contributed by atoms with E-state index in [-0.39, 0.29) is 24.3 Å². The lowest BCUT2D eigenvalue weighted by Crippen LogP contribution is -2.73. The molecule has 1 amide bonds. The fourth-order valence-electron chi connectivity index (χ4n) is 3.57. The highest BCUT2D eigenvalue weighted by Gasteiger charge is 2.53. The van der Waals surface area contributed by atoms with Crippen LogP contribution in [0, 0.1) is 5.92 Å². The molecule has 7 heteroatoms. The van der Waals surface area contributed by atoms with Gasteiger partial charge in [0.1, 0.15) is 5.60 Å². The van der Waals surface area contributed by atoms with Gasteiger partial charge in [-0.15, -0.1) is 0 Å². The fraction of sp³-hybridized carbons (Fsp3) is 0.765. The van der Waals surface area contributed by atoms with Gasteiger partial charge >= 0.3 is 6.09 Å². The number of rotatable bonds is 4. The molecule has 1 aromatic heterocycles. The van der Waals surface area contributed by atoms with E-state index in [0.717, 1.165) is 25.1 Å². The monoisotopic (exact) mass is 336 g/mol. The molecule has 0 bridgehead atoms. The number of fused-ring (bicyclic) bond motifs is 1. The Bertz CT molecular complexity index is 581. The van der Waals surface area contributed by atoms with Crippen molar-refractivity contribution >= 4 is 6.09 Å². The van der Waals surface area contributed by atoms with E-state index < -0.39 is 5.60 Å². The maximum absolute atomic E-state index is 12.2. The van der Waals surface area contributed by atoms with E-state index in [2.05, 4.69) is 15.6 Å². The first-order chi connectivity index (χ1) is 11.3. The van der Waals surface area contributed by atoms with Crippen molar-refractivity contribution in [1.29, 1.82) is 0 Å². The van der Waals surface area contributed by atoms with E-state index in [4.69, 9.17) is 9.47 Å². The van der Waals surface area contributed by atoms with Gasteiger partial charge in [-0.2, -0.15) is 0 Å². The molecule has 1 aliphatic heterocycles. The van der Waals surface area contributed by atoms with Crippen LogP contribution in [0.5, 0.6) is 0 Å². The molecular formula is C17H28N4O3. The number of aromatic nitrogens is 2. The Morgan fingerprint density at radius 1 is 1.46 bits per heavy atom. The summed E-state index contributed by atoms with van der Waals surface area (Å²) < 4.78 is 13.3. The zero-order valence-corrected chi connectivity index (χ0v) is 14.9. The molecule has 2 aliphatic rings. The smallest absolute Gasteiger partial charge is 0.407 e. The van der Waals surface area contributed by atoms with Crippen molar-refractivity contribution in [2.45, 2.75) is 63.9 Å². The van der Waals surface area contributed by atoms with Gasteiger partial charge in [0.2, 0.25) is 0 Å². The van der Waals surface area contributed by atoms with Crippen molar-refractivity contribution in [3.63, 3.8) is 0 Å². The minimum atomic E-state index is -0.492. The molecule has 4 atom stereocenters. The maximum atomic E-state index is 12.2. The molecule has 7 nitrogen and oxygen atoms in total. The average Bonchev–Trinajstić information content (AvgIpc) is 2.89. The third kappa shape index (κ3) is 3.72. The first-order valence-corrected chi connectivity index (χ1v) is 8.65. The fourth-order valence-corrected chi connectivity index (χ4v) is 3.57. The summed E-state index contributed by atoms with van der Waals surface area (Å²) in [6, 6.07) is 0.135. The number of aryl methyl sites for hydroxylation is 1. The van der Waals surface area contributed by atoms with Crippen molar-refractivity contribution in [1.82, 2.24) is 20.2 Å². The largest absolute Gasteiger partial charge is 0.444 e. The summed E-state index contributed by atoms with van der Waals surface area (Å²) in [4.78, 5) is 16.3. The van der Waals surface area contributed by atoms with Gasteiger partial charge in [-0.1, -0.05) is 0 Å². The number of nitrogens with zero attached hydrogens (tertiary/aromatic N) is 2. The molecule has 1 saturated carbocycles. The third-order valence-electron chi connectivity index (χ3n) is 4.73. The molecule has 3 rings (SSSR count). The Morgan fingerprint density at radius 2 is 2.25 bits per heavy atom. The predicted octanol–water partition coefficient (Wildman–Crippen LogP) is 1.58. The molecule has 134 valence electrons. The lowest BCUT2D eigenvalue weighted by molar-refractivity contribution is -0.128. The zero-order chi connectivity index (χ0) is 17.3. The van der Waals surface area contributed by atoms with E-state index in [1.165, 1.54) is 0 Å². The van der Waals surface area contributed by atoms with Crippen molar-refractivity contribution in [2.24, 2.45) is 13.0 Å². The van der Waals surface area contributed by atoms with Gasteiger partial charge in [0.15, 0.2) is 0 Å². The van der Waals surface area contributed by atoms with E-state index in [1.807, 2.05) is 38.6 Å². The first kappa shape index (κ1) is 17.2. The molecule has 0 spiro atoms. The number of imidazole rings is 1. The van der Waals surface area contributed by atoms with Gasteiger partial charge < -0.3 is 24.7 Å². The predicted molar refractivity (Wildman–Crippen MR) is 89.5 cm³/mol. The summed E-state index contributed by atoms with van der Waals surface area (Å²) in [5, 5.41) is 6.56. The summed E-state index contributed by atoms with van der Waals surface area (Å²) in [6.45, 7) is 7.11. The molecule has 2 heterocycles. The molecule has 2 N–H and O–H groups in total. The number of nitrogens with one attached hydrogen (secondary N) is 2. The molecule has 4 unspecified atom stereocenters. The lowest BCUT2D eigenvalue weighted by atomic mass is 9.68. The zero-order valence-electron chi connectivity index (χ0n) is 14.9. The molecule has 1 aromatic rings. The minimum absolute atomic E-state index is 0.0402. The van der Waals surface area contributed by atoms with Gasteiger partial charge in [-0.25, -0.2) is 9.78 Å². The Labute approximate surface area is 143 Å². The maximum Gasteiger partial charge on any atom is 0.407 e. The number of ether oxygens (including phenoxy) is 2. The second kappa shape index (κ2) is 6.72. The minimum Gasteiger partial charge on any atom is -0.444 e. The van der Waals surface area contributed by atoms with Crippen LogP contribution >= 0.6 is 0 Å². The highest BCUT2D eigenvalue weighted by Crippen LogP contribution is 2.38. The van der Waals surface area contributed by atoms with Crippen molar-refractivity contribution < 1.29 is 14.3 Å². The third-order valence-corrected chi connectivity index (χ3v) is 4.73. The van der Waals surface area contributed by atoms with Gasteiger partial charge in [-0.3, -0.25) is 0 Å². The highest BCUT2D eigenvalue weighted by atomic mass is 16.6. The molecule has 1 aliphatic carbocycles. The normalized spacial score (nSPS) is 29.5. The van der Waals surface area contributed by atoms with Gasteiger partial charge in [-0.05, 0) is 33.6 Å². The number of hydrogen-bond donors (Lipinski definition) is 2. The highest BCUT2D eigenvalue weighted by molar-refractivity contribution is 5.68. The Morgan fingerprint density at radius 3 is 2.92 bits per heavy atom. The van der Waals surface area contributed by atoms with Crippen LogP contribution in [0.15, 0.2) is 12.5 Å². The first-order valence-electron chi connectivity index (χ1n) is 8.65. The number of amides is 1. The van der Waals surface area contributed by atoms with E-state index >= 15 is 0 Å². The summed E-state index contributed by atoms with van der Waals surface area (Å²) >= 11 is 0. The van der Waals surface area contributed by atoms with Crippen molar-refractivity contribution in [3.05, 3.63) is 18.2 Å². The molecule has 0 aromatic carbocycles. The summed E-state index contributed by atoms with van der Waals surface area (Å²) in [5.74, 6) is 0.357. The van der Waals surface area contributed by atoms with Gasteiger partial charge in [0.05, 0.1) is 30.2 Å². The Kier molecular flexibility index (Phi) is 4.83. The molecule has 0 radical (unpaired) electrons. The van der Waals surface area contributed by atoms with Crippen molar-refractivity contribution in [2.75, 3.05) is 6.61 Å². The van der Waals surface area contributed by atoms with Crippen LogP contribution in [0.4, 0.5) is 4.79 Å². The number of carbonyl (C=O) groups excluding carboxylic acids is 1. The van der Waals surface area contributed by atoms with E-state index in [1.54, 1.807) is 6.33 Å². The summed E-state index contributed by atoms with van der Waals surface area (Å²) in [7, 11) is 1.97.